The summed E-state index contributed by atoms with van der Waals surface area (Å²) in [5.41, 5.74) is 1.70. The Balaban J connectivity index is 1.50. The van der Waals surface area contributed by atoms with Crippen LogP contribution in [-0.4, -0.2) is 51.4 Å². The van der Waals surface area contributed by atoms with Crippen LogP contribution in [0.1, 0.15) is 24.3 Å². The average molecular weight is 396 g/mol. The zero-order valence-electron chi connectivity index (χ0n) is 16.1. The molecule has 0 radical (unpaired) electrons. The lowest BCUT2D eigenvalue weighted by Gasteiger charge is -2.36. The van der Waals surface area contributed by atoms with Crippen molar-refractivity contribution >= 4 is 17.3 Å². The van der Waals surface area contributed by atoms with E-state index in [1.165, 1.54) is 18.5 Å². The molecule has 0 saturated carbocycles. The highest BCUT2D eigenvalue weighted by molar-refractivity contribution is 6.03. The topological polar surface area (TPSA) is 96.0 Å². The molecule has 0 spiro atoms. The van der Waals surface area contributed by atoms with Gasteiger partial charge in [0.1, 0.15) is 17.8 Å². The first-order valence-electron chi connectivity index (χ1n) is 9.32. The van der Waals surface area contributed by atoms with Crippen LogP contribution >= 0.6 is 0 Å². The van der Waals surface area contributed by atoms with E-state index < -0.39 is 11.7 Å². The number of carbonyl (C=O) groups excluding carboxylic acids is 1. The van der Waals surface area contributed by atoms with Crippen molar-refractivity contribution in [2.24, 2.45) is 0 Å². The van der Waals surface area contributed by atoms with Crippen LogP contribution in [0.2, 0.25) is 0 Å². The lowest BCUT2D eigenvalue weighted by molar-refractivity contribution is -0.00522. The molecule has 2 atom stereocenters. The summed E-state index contributed by atoms with van der Waals surface area (Å²) in [4.78, 5) is 22.9. The molecule has 2 aromatic heterocycles. The molecule has 0 bridgehead atoms. The number of nitrogens with one attached hydrogen (secondary N) is 2. The molecule has 3 heterocycles. The molecule has 1 amide bonds. The largest absolute Gasteiger partial charge is 0.372 e. The van der Waals surface area contributed by atoms with Crippen LogP contribution in [0.3, 0.4) is 0 Å². The lowest BCUT2D eigenvalue weighted by Crippen LogP contribution is -2.45. The second kappa shape index (κ2) is 7.96. The minimum absolute atomic E-state index is 0.0686. The monoisotopic (exact) mass is 396 g/mol. The molecule has 4 rings (SSSR count). The Kier molecular flexibility index (Phi) is 5.22. The normalized spacial score (nSPS) is 19.2. The van der Waals surface area contributed by atoms with Gasteiger partial charge in [-0.25, -0.2) is 9.37 Å². The summed E-state index contributed by atoms with van der Waals surface area (Å²) in [7, 11) is 0. The molecular formula is C20H21FN6O2. The highest BCUT2D eigenvalue weighted by atomic mass is 19.1. The van der Waals surface area contributed by atoms with Gasteiger partial charge in [-0.3, -0.25) is 14.9 Å². The number of aromatic amines is 1. The van der Waals surface area contributed by atoms with Gasteiger partial charge in [0.15, 0.2) is 5.82 Å². The van der Waals surface area contributed by atoms with Gasteiger partial charge in [0.05, 0.1) is 17.9 Å². The van der Waals surface area contributed by atoms with E-state index in [9.17, 15) is 9.18 Å². The third-order valence-electron chi connectivity index (χ3n) is 4.67. The number of pyridine rings is 1. The average Bonchev–Trinajstić information content (AvgIpc) is 3.24. The molecule has 150 valence electrons. The summed E-state index contributed by atoms with van der Waals surface area (Å²) < 4.78 is 20.2. The van der Waals surface area contributed by atoms with Gasteiger partial charge in [-0.05, 0) is 44.2 Å². The van der Waals surface area contributed by atoms with E-state index in [0.29, 0.717) is 11.4 Å². The number of rotatable bonds is 4. The number of halogens is 1. The van der Waals surface area contributed by atoms with E-state index >= 15 is 0 Å². The van der Waals surface area contributed by atoms with E-state index in [1.54, 1.807) is 18.3 Å². The first kappa shape index (κ1) is 19.0. The Morgan fingerprint density at radius 1 is 1.21 bits per heavy atom. The number of morpholine rings is 1. The van der Waals surface area contributed by atoms with Crippen LogP contribution in [0, 0.1) is 5.82 Å². The number of aromatic nitrogens is 4. The molecule has 1 aliphatic rings. The molecule has 1 fully saturated rings. The third-order valence-corrected chi connectivity index (χ3v) is 4.67. The summed E-state index contributed by atoms with van der Waals surface area (Å²) in [6, 6.07) is 7.99. The summed E-state index contributed by atoms with van der Waals surface area (Å²) in [6.45, 7) is 5.49. The number of amides is 1. The summed E-state index contributed by atoms with van der Waals surface area (Å²) in [6.07, 6.45) is 3.12. The van der Waals surface area contributed by atoms with Crippen LogP contribution in [0.15, 0.2) is 42.9 Å². The molecular weight excluding hydrogens is 375 g/mol. The fraction of sp³-hybridized carbons (Fsp3) is 0.300. The first-order chi connectivity index (χ1) is 14.0. The van der Waals surface area contributed by atoms with Crippen LogP contribution in [0.5, 0.6) is 0 Å². The molecule has 2 N–H and O–H groups in total. The molecule has 1 aromatic carbocycles. The number of hydrogen-bond acceptors (Lipinski definition) is 6. The zero-order valence-corrected chi connectivity index (χ0v) is 16.1. The number of carbonyl (C=O) groups is 1. The Morgan fingerprint density at radius 3 is 2.69 bits per heavy atom. The second-order valence-electron chi connectivity index (χ2n) is 7.04. The van der Waals surface area contributed by atoms with E-state index in [4.69, 9.17) is 4.74 Å². The van der Waals surface area contributed by atoms with Crippen molar-refractivity contribution in [1.82, 2.24) is 20.2 Å². The molecule has 2 unspecified atom stereocenters. The van der Waals surface area contributed by atoms with Crippen molar-refractivity contribution in [3.05, 3.63) is 54.4 Å². The van der Waals surface area contributed by atoms with Crippen LogP contribution in [0.25, 0.3) is 11.4 Å². The second-order valence-corrected chi connectivity index (χ2v) is 7.04. The quantitative estimate of drug-likeness (QED) is 0.704. The van der Waals surface area contributed by atoms with Gasteiger partial charge in [-0.1, -0.05) is 0 Å². The van der Waals surface area contributed by atoms with Crippen molar-refractivity contribution in [2.45, 2.75) is 26.1 Å². The molecule has 1 aliphatic heterocycles. The van der Waals surface area contributed by atoms with Crippen LogP contribution < -0.4 is 10.2 Å². The summed E-state index contributed by atoms with van der Waals surface area (Å²) in [5, 5.41) is 9.00. The van der Waals surface area contributed by atoms with Crippen molar-refractivity contribution in [1.29, 1.82) is 0 Å². The summed E-state index contributed by atoms with van der Waals surface area (Å²) >= 11 is 0. The minimum Gasteiger partial charge on any atom is -0.372 e. The number of nitrogens with zero attached hydrogens (tertiary/aromatic N) is 4. The van der Waals surface area contributed by atoms with Gasteiger partial charge >= 0.3 is 0 Å². The van der Waals surface area contributed by atoms with Crippen molar-refractivity contribution < 1.29 is 13.9 Å². The van der Waals surface area contributed by atoms with E-state index in [1.807, 2.05) is 19.9 Å². The Bertz CT molecular complexity index is 1000. The lowest BCUT2D eigenvalue weighted by atomic mass is 10.1. The molecule has 9 heteroatoms. The number of anilines is 2. The number of H-pyrrole nitrogens is 1. The number of hydrogen-bond donors (Lipinski definition) is 2. The zero-order chi connectivity index (χ0) is 20.4. The number of ether oxygens (including phenoxy) is 1. The minimum atomic E-state index is -0.570. The highest BCUT2D eigenvalue weighted by Crippen LogP contribution is 2.23. The first-order valence-corrected chi connectivity index (χ1v) is 9.32. The van der Waals surface area contributed by atoms with Gasteiger partial charge < -0.3 is 15.0 Å². The van der Waals surface area contributed by atoms with Gasteiger partial charge in [0, 0.05) is 30.5 Å². The Hall–Kier alpha value is -3.33. The van der Waals surface area contributed by atoms with E-state index in [2.05, 4.69) is 30.4 Å². The fourth-order valence-electron chi connectivity index (χ4n) is 3.42. The third kappa shape index (κ3) is 4.24. The van der Waals surface area contributed by atoms with E-state index in [0.717, 1.165) is 18.8 Å². The van der Waals surface area contributed by atoms with Crippen molar-refractivity contribution in [2.75, 3.05) is 23.3 Å². The maximum Gasteiger partial charge on any atom is 0.274 e. The van der Waals surface area contributed by atoms with Crippen molar-refractivity contribution in [3.63, 3.8) is 0 Å². The molecule has 8 nitrogen and oxygen atoms in total. The maximum atomic E-state index is 14.5. The molecule has 3 aromatic rings. The van der Waals surface area contributed by atoms with Crippen molar-refractivity contribution in [3.8, 4) is 11.4 Å². The molecule has 0 aliphatic carbocycles. The maximum absolute atomic E-state index is 14.5. The smallest absolute Gasteiger partial charge is 0.274 e. The SMILES string of the molecule is CC1CN(c2ccnc(C(=O)Nc3ccc(-c4ncn[nH]4)cc3F)c2)CC(C)O1. The summed E-state index contributed by atoms with van der Waals surface area (Å²) in [5.74, 6) is -0.600. The van der Waals surface area contributed by atoms with Crippen LogP contribution in [-0.2, 0) is 4.74 Å². The highest BCUT2D eigenvalue weighted by Gasteiger charge is 2.23. The Labute approximate surface area is 167 Å². The predicted molar refractivity (Wildman–Crippen MR) is 106 cm³/mol. The van der Waals surface area contributed by atoms with Gasteiger partial charge in [0.2, 0.25) is 0 Å². The standard InChI is InChI=1S/C20H21FN6O2/c1-12-9-27(10-13(2)29-12)15-5-6-22-18(8-15)20(28)25-17-4-3-14(7-16(17)21)19-23-11-24-26-19/h3-8,11-13H,9-10H2,1-2H3,(H,25,28)(H,23,24,26). The van der Waals surface area contributed by atoms with Gasteiger partial charge in [0.25, 0.3) is 5.91 Å². The van der Waals surface area contributed by atoms with Crippen LogP contribution in [0.4, 0.5) is 15.8 Å². The Morgan fingerprint density at radius 2 is 2.00 bits per heavy atom. The molecule has 29 heavy (non-hydrogen) atoms. The number of benzene rings is 1. The predicted octanol–water partition coefficient (Wildman–Crippen LogP) is 2.87. The molecule has 1 saturated heterocycles. The fourth-order valence-corrected chi connectivity index (χ4v) is 3.42. The van der Waals surface area contributed by atoms with Gasteiger partial charge in [-0.15, -0.1) is 0 Å². The van der Waals surface area contributed by atoms with E-state index in [-0.39, 0.29) is 23.6 Å². The van der Waals surface area contributed by atoms with Gasteiger partial charge in [-0.2, -0.15) is 5.10 Å².